The number of allylic oxidation sites excluding steroid dienone is 3. The molecule has 0 amide bonds. The summed E-state index contributed by atoms with van der Waals surface area (Å²) in [7, 11) is 0. The molecule has 0 radical (unpaired) electrons. The zero-order valence-electron chi connectivity index (χ0n) is 20.1. The maximum absolute atomic E-state index is 5.82. The Bertz CT molecular complexity index is 1070. The van der Waals surface area contributed by atoms with E-state index in [0.29, 0.717) is 5.92 Å². The van der Waals surface area contributed by atoms with Crippen LogP contribution in [0.4, 0.5) is 0 Å². The van der Waals surface area contributed by atoms with Gasteiger partial charge < -0.3 is 4.74 Å². The zero-order chi connectivity index (χ0) is 22.9. The molecule has 0 saturated carbocycles. The van der Waals surface area contributed by atoms with Gasteiger partial charge >= 0.3 is 0 Å². The van der Waals surface area contributed by atoms with Crippen molar-refractivity contribution in [3.8, 4) is 16.9 Å². The fraction of sp³-hybridized carbons (Fsp3) is 0.312. The van der Waals surface area contributed by atoms with Crippen LogP contribution in [-0.4, -0.2) is 6.61 Å². The van der Waals surface area contributed by atoms with Gasteiger partial charge in [-0.05, 0) is 104 Å². The number of rotatable bonds is 9. The number of aryl methyl sites for hydroxylation is 2. The molecule has 0 heterocycles. The average Bonchev–Trinajstić information content (AvgIpc) is 2.87. The van der Waals surface area contributed by atoms with E-state index in [1.807, 2.05) is 6.92 Å². The van der Waals surface area contributed by atoms with E-state index >= 15 is 0 Å². The number of hydrogen-bond donors (Lipinski definition) is 0. The standard InChI is InChI=1S/C32H36O/c1-3-5-7-9-25-10-12-26(13-11-25)28-14-16-31-24-29(15-17-30(31)23-28)27-18-20-32(21-19-27)33-22-8-6-4-2/h3-6,10-13,15,17-21,24,28H,7-9,14,16,22-23H2,1-2H3/b5-3+,6-4+. The van der Waals surface area contributed by atoms with E-state index in [-0.39, 0.29) is 0 Å². The van der Waals surface area contributed by atoms with E-state index in [0.717, 1.165) is 44.5 Å². The van der Waals surface area contributed by atoms with Crippen molar-refractivity contribution in [1.29, 1.82) is 0 Å². The van der Waals surface area contributed by atoms with Crippen molar-refractivity contribution in [1.82, 2.24) is 0 Å². The normalized spacial score (nSPS) is 15.8. The van der Waals surface area contributed by atoms with Crippen LogP contribution in [0.1, 0.15) is 61.3 Å². The van der Waals surface area contributed by atoms with Crippen molar-refractivity contribution in [2.24, 2.45) is 0 Å². The molecule has 1 atom stereocenters. The highest BCUT2D eigenvalue weighted by molar-refractivity contribution is 5.66. The fourth-order valence-corrected chi connectivity index (χ4v) is 4.75. The Kier molecular flexibility index (Phi) is 8.19. The monoisotopic (exact) mass is 436 g/mol. The van der Waals surface area contributed by atoms with Crippen LogP contribution in [0.15, 0.2) is 91.0 Å². The van der Waals surface area contributed by atoms with Crippen LogP contribution in [0.2, 0.25) is 0 Å². The predicted octanol–water partition coefficient (Wildman–Crippen LogP) is 8.48. The summed E-state index contributed by atoms with van der Waals surface area (Å²) in [4.78, 5) is 0. The summed E-state index contributed by atoms with van der Waals surface area (Å²) in [6, 6.07) is 24.9. The molecule has 0 N–H and O–H groups in total. The predicted molar refractivity (Wildman–Crippen MR) is 141 cm³/mol. The lowest BCUT2D eigenvalue weighted by molar-refractivity contribution is 0.325. The summed E-state index contributed by atoms with van der Waals surface area (Å²) in [5.41, 5.74) is 8.51. The maximum atomic E-state index is 5.82. The lowest BCUT2D eigenvalue weighted by Crippen LogP contribution is -2.13. The second kappa shape index (κ2) is 11.7. The van der Waals surface area contributed by atoms with E-state index in [4.69, 9.17) is 4.74 Å². The molecular formula is C32H36O. The third-order valence-electron chi connectivity index (χ3n) is 6.70. The SMILES string of the molecule is C/C=C/CCOc1ccc(-c2ccc3c(c2)CCC(c2ccc(CC/C=C/C)cc2)C3)cc1. The highest BCUT2D eigenvalue weighted by atomic mass is 16.5. The molecule has 0 saturated heterocycles. The molecular weight excluding hydrogens is 400 g/mol. The van der Waals surface area contributed by atoms with Crippen LogP contribution in [0.5, 0.6) is 5.75 Å². The number of benzene rings is 3. The van der Waals surface area contributed by atoms with Gasteiger partial charge in [0.05, 0.1) is 6.61 Å². The molecule has 1 aliphatic carbocycles. The van der Waals surface area contributed by atoms with Gasteiger partial charge in [0.2, 0.25) is 0 Å². The summed E-state index contributed by atoms with van der Waals surface area (Å²) in [6.07, 6.45) is 15.3. The molecule has 1 nitrogen and oxygen atoms in total. The van der Waals surface area contributed by atoms with Crippen LogP contribution < -0.4 is 4.74 Å². The molecule has 1 unspecified atom stereocenters. The molecule has 3 aromatic rings. The molecule has 0 fully saturated rings. The van der Waals surface area contributed by atoms with Crippen LogP contribution in [0.3, 0.4) is 0 Å². The van der Waals surface area contributed by atoms with Crippen LogP contribution in [0.25, 0.3) is 11.1 Å². The second-order valence-electron chi connectivity index (χ2n) is 9.00. The Hall–Kier alpha value is -3.06. The van der Waals surface area contributed by atoms with Gasteiger partial charge in [0, 0.05) is 0 Å². The Labute approximate surface area is 199 Å². The van der Waals surface area contributed by atoms with Crippen LogP contribution in [-0.2, 0) is 19.3 Å². The molecule has 170 valence electrons. The topological polar surface area (TPSA) is 9.23 Å². The van der Waals surface area contributed by atoms with Crippen molar-refractivity contribution >= 4 is 0 Å². The molecule has 0 bridgehead atoms. The highest BCUT2D eigenvalue weighted by Crippen LogP contribution is 2.35. The molecule has 1 heteroatoms. The Morgan fingerprint density at radius 3 is 2.27 bits per heavy atom. The van der Waals surface area contributed by atoms with Gasteiger partial charge in [-0.25, -0.2) is 0 Å². The van der Waals surface area contributed by atoms with Crippen LogP contribution >= 0.6 is 0 Å². The summed E-state index contributed by atoms with van der Waals surface area (Å²) in [5, 5.41) is 0. The summed E-state index contributed by atoms with van der Waals surface area (Å²) < 4.78 is 5.82. The largest absolute Gasteiger partial charge is 0.493 e. The third kappa shape index (κ3) is 6.26. The van der Waals surface area contributed by atoms with E-state index < -0.39 is 0 Å². The Morgan fingerprint density at radius 2 is 1.52 bits per heavy atom. The van der Waals surface area contributed by atoms with E-state index in [1.54, 1.807) is 0 Å². The van der Waals surface area contributed by atoms with Crippen LogP contribution in [0, 0.1) is 0 Å². The van der Waals surface area contributed by atoms with Gasteiger partial charge in [0.15, 0.2) is 0 Å². The smallest absolute Gasteiger partial charge is 0.119 e. The quantitative estimate of drug-likeness (QED) is 0.241. The summed E-state index contributed by atoms with van der Waals surface area (Å²) in [6.45, 7) is 4.85. The zero-order valence-corrected chi connectivity index (χ0v) is 20.1. The Balaban J connectivity index is 1.38. The first kappa shape index (κ1) is 23.1. The van der Waals surface area contributed by atoms with Gasteiger partial charge in [0.25, 0.3) is 0 Å². The number of fused-ring (bicyclic) bond motifs is 1. The first-order valence-corrected chi connectivity index (χ1v) is 12.4. The average molecular weight is 437 g/mol. The Morgan fingerprint density at radius 1 is 0.788 bits per heavy atom. The van der Waals surface area contributed by atoms with Gasteiger partial charge in [-0.2, -0.15) is 0 Å². The molecule has 0 spiro atoms. The van der Waals surface area contributed by atoms with Crippen molar-refractivity contribution in [3.05, 3.63) is 113 Å². The van der Waals surface area contributed by atoms with Crippen molar-refractivity contribution in [3.63, 3.8) is 0 Å². The van der Waals surface area contributed by atoms with E-state index in [2.05, 4.69) is 98.0 Å². The lowest BCUT2D eigenvalue weighted by Gasteiger charge is -2.26. The summed E-state index contributed by atoms with van der Waals surface area (Å²) >= 11 is 0. The first-order chi connectivity index (χ1) is 16.3. The van der Waals surface area contributed by atoms with E-state index in [1.165, 1.54) is 39.8 Å². The third-order valence-corrected chi connectivity index (χ3v) is 6.70. The molecule has 0 aromatic heterocycles. The van der Waals surface area contributed by atoms with Crippen molar-refractivity contribution in [2.75, 3.05) is 6.61 Å². The molecule has 4 rings (SSSR count). The summed E-state index contributed by atoms with van der Waals surface area (Å²) in [5.74, 6) is 1.57. The minimum atomic E-state index is 0.631. The fourth-order valence-electron chi connectivity index (χ4n) is 4.75. The first-order valence-electron chi connectivity index (χ1n) is 12.4. The maximum Gasteiger partial charge on any atom is 0.119 e. The number of hydrogen-bond acceptors (Lipinski definition) is 1. The molecule has 3 aromatic carbocycles. The molecule has 0 aliphatic heterocycles. The van der Waals surface area contributed by atoms with E-state index in [9.17, 15) is 0 Å². The van der Waals surface area contributed by atoms with Gasteiger partial charge in [-0.1, -0.05) is 78.9 Å². The minimum Gasteiger partial charge on any atom is -0.493 e. The second-order valence-corrected chi connectivity index (χ2v) is 9.00. The van der Waals surface area contributed by atoms with Crippen molar-refractivity contribution < 1.29 is 4.74 Å². The van der Waals surface area contributed by atoms with Gasteiger partial charge in [0.1, 0.15) is 5.75 Å². The highest BCUT2D eigenvalue weighted by Gasteiger charge is 2.20. The van der Waals surface area contributed by atoms with Crippen molar-refractivity contribution in [2.45, 2.75) is 58.3 Å². The number of ether oxygens (including phenoxy) is 1. The molecule has 33 heavy (non-hydrogen) atoms. The lowest BCUT2D eigenvalue weighted by atomic mass is 9.79. The molecule has 1 aliphatic rings. The van der Waals surface area contributed by atoms with Gasteiger partial charge in [-0.15, -0.1) is 0 Å². The minimum absolute atomic E-state index is 0.631. The van der Waals surface area contributed by atoms with Gasteiger partial charge in [-0.3, -0.25) is 0 Å².